The fourth-order valence-electron chi connectivity index (χ4n) is 5.03. The van der Waals surface area contributed by atoms with Crippen LogP contribution >= 0.6 is 0 Å². The van der Waals surface area contributed by atoms with Gasteiger partial charge in [0.05, 0.1) is 6.04 Å². The molecule has 2 aliphatic rings. The van der Waals surface area contributed by atoms with Gasteiger partial charge in [0.15, 0.2) is 0 Å². The van der Waals surface area contributed by atoms with E-state index in [0.717, 1.165) is 25.1 Å². The Kier molecular flexibility index (Phi) is 3.86. The van der Waals surface area contributed by atoms with Gasteiger partial charge in [0.1, 0.15) is 5.82 Å². The van der Waals surface area contributed by atoms with Crippen LogP contribution in [0.4, 0.5) is 4.39 Å². The lowest BCUT2D eigenvalue weighted by molar-refractivity contribution is 0.171. The maximum atomic E-state index is 14.2. The molecule has 2 aromatic carbocycles. The molecule has 3 aromatic rings. The van der Waals surface area contributed by atoms with Crippen molar-refractivity contribution < 1.29 is 4.39 Å². The third-order valence-corrected chi connectivity index (χ3v) is 6.19. The first-order valence-corrected chi connectivity index (χ1v) is 9.81. The van der Waals surface area contributed by atoms with Gasteiger partial charge in [-0.15, -0.1) is 0 Å². The minimum absolute atomic E-state index is 0.0797. The highest BCUT2D eigenvalue weighted by atomic mass is 19.1. The van der Waals surface area contributed by atoms with Crippen molar-refractivity contribution in [3.8, 4) is 0 Å². The molecular weight excluding hydrogens is 323 g/mol. The number of benzene rings is 2. The van der Waals surface area contributed by atoms with Gasteiger partial charge in [0.2, 0.25) is 0 Å². The molecule has 2 heterocycles. The standard InChI is InChI=1S/C23H25FN2/c1-16-10-11-21-19(14-16)18-7-4-9-22-23(18)26(21)13-5-12-25(22)15-17-6-2-3-8-20(17)24/h2-3,6,8,10-11,14,22H,4-5,7,9,12-13,15H2,1H3. The zero-order valence-corrected chi connectivity index (χ0v) is 15.3. The smallest absolute Gasteiger partial charge is 0.127 e. The van der Waals surface area contributed by atoms with Crippen molar-refractivity contribution in [1.82, 2.24) is 9.47 Å². The number of halogens is 1. The van der Waals surface area contributed by atoms with E-state index in [-0.39, 0.29) is 5.82 Å². The van der Waals surface area contributed by atoms with E-state index in [1.807, 2.05) is 12.1 Å². The van der Waals surface area contributed by atoms with Gasteiger partial charge < -0.3 is 4.57 Å². The van der Waals surface area contributed by atoms with Gasteiger partial charge in [0.25, 0.3) is 0 Å². The molecule has 1 atom stereocenters. The Morgan fingerprint density at radius 2 is 1.96 bits per heavy atom. The second kappa shape index (κ2) is 6.24. The Bertz CT molecular complexity index is 968. The lowest BCUT2D eigenvalue weighted by Gasteiger charge is -2.33. The summed E-state index contributed by atoms with van der Waals surface area (Å²) in [5.74, 6) is -0.0797. The van der Waals surface area contributed by atoms with E-state index in [1.165, 1.54) is 41.4 Å². The van der Waals surface area contributed by atoms with E-state index in [4.69, 9.17) is 0 Å². The SMILES string of the molecule is Cc1ccc2c(c1)c1c3n2CCCN(Cc2ccccc2F)C3CCC1. The molecule has 1 aliphatic carbocycles. The largest absolute Gasteiger partial charge is 0.343 e. The molecule has 0 spiro atoms. The zero-order chi connectivity index (χ0) is 17.7. The summed E-state index contributed by atoms with van der Waals surface area (Å²) in [7, 11) is 0. The number of rotatable bonds is 2. The van der Waals surface area contributed by atoms with Gasteiger partial charge in [-0.25, -0.2) is 4.39 Å². The molecule has 0 bridgehead atoms. The quantitative estimate of drug-likeness (QED) is 0.604. The fraction of sp³-hybridized carbons (Fsp3) is 0.391. The van der Waals surface area contributed by atoms with Crippen molar-refractivity contribution in [2.24, 2.45) is 0 Å². The number of aryl methyl sites for hydroxylation is 3. The van der Waals surface area contributed by atoms with Crippen LogP contribution in [0.25, 0.3) is 10.9 Å². The molecule has 3 heteroatoms. The highest BCUT2D eigenvalue weighted by Crippen LogP contribution is 2.42. The van der Waals surface area contributed by atoms with Gasteiger partial charge in [0, 0.05) is 41.8 Å². The van der Waals surface area contributed by atoms with Gasteiger partial charge in [-0.3, -0.25) is 4.90 Å². The summed E-state index contributed by atoms with van der Waals surface area (Å²) >= 11 is 0. The Morgan fingerprint density at radius 1 is 1.08 bits per heavy atom. The molecule has 0 N–H and O–H groups in total. The summed E-state index contributed by atoms with van der Waals surface area (Å²) in [5, 5.41) is 1.44. The third kappa shape index (κ3) is 2.49. The highest BCUT2D eigenvalue weighted by Gasteiger charge is 2.33. The summed E-state index contributed by atoms with van der Waals surface area (Å²) in [5.41, 5.74) is 6.59. The fourth-order valence-corrected chi connectivity index (χ4v) is 5.03. The first-order chi connectivity index (χ1) is 12.7. The molecule has 0 saturated heterocycles. The Labute approximate surface area is 154 Å². The second-order valence-corrected chi connectivity index (χ2v) is 7.86. The molecule has 0 amide bonds. The molecule has 5 rings (SSSR count). The van der Waals surface area contributed by atoms with E-state index >= 15 is 0 Å². The van der Waals surface area contributed by atoms with Crippen LogP contribution in [0.3, 0.4) is 0 Å². The van der Waals surface area contributed by atoms with E-state index in [1.54, 1.807) is 17.7 Å². The number of hydrogen-bond donors (Lipinski definition) is 0. The van der Waals surface area contributed by atoms with E-state index in [0.29, 0.717) is 12.6 Å². The molecule has 0 fully saturated rings. The van der Waals surface area contributed by atoms with Gasteiger partial charge in [-0.05, 0) is 56.4 Å². The maximum Gasteiger partial charge on any atom is 0.127 e. The summed E-state index contributed by atoms with van der Waals surface area (Å²) in [4.78, 5) is 2.52. The van der Waals surface area contributed by atoms with Crippen LogP contribution in [0, 0.1) is 12.7 Å². The predicted molar refractivity (Wildman–Crippen MR) is 104 cm³/mol. The topological polar surface area (TPSA) is 8.17 Å². The van der Waals surface area contributed by atoms with Crippen LogP contribution in [0.2, 0.25) is 0 Å². The average Bonchev–Trinajstić information content (AvgIpc) is 2.83. The molecule has 1 unspecified atom stereocenters. The molecule has 1 aliphatic heterocycles. The van der Waals surface area contributed by atoms with Crippen molar-refractivity contribution in [2.75, 3.05) is 6.54 Å². The normalized spacial score (nSPS) is 20.2. The van der Waals surface area contributed by atoms with Crippen molar-refractivity contribution in [1.29, 1.82) is 0 Å². The first kappa shape index (κ1) is 16.1. The lowest BCUT2D eigenvalue weighted by atomic mass is 9.90. The lowest BCUT2D eigenvalue weighted by Crippen LogP contribution is -2.31. The number of aromatic nitrogens is 1. The van der Waals surface area contributed by atoms with E-state index in [2.05, 4.69) is 34.6 Å². The Morgan fingerprint density at radius 3 is 2.85 bits per heavy atom. The number of fused-ring (bicyclic) bond motifs is 3. The van der Waals surface area contributed by atoms with Crippen LogP contribution in [-0.4, -0.2) is 16.0 Å². The average molecular weight is 348 g/mol. The van der Waals surface area contributed by atoms with Crippen LogP contribution in [0.5, 0.6) is 0 Å². The van der Waals surface area contributed by atoms with Crippen molar-refractivity contribution in [3.05, 3.63) is 70.7 Å². The zero-order valence-electron chi connectivity index (χ0n) is 15.3. The highest BCUT2D eigenvalue weighted by molar-refractivity contribution is 5.86. The Balaban J connectivity index is 1.61. The molecule has 0 saturated carbocycles. The van der Waals surface area contributed by atoms with Crippen LogP contribution in [-0.2, 0) is 19.5 Å². The van der Waals surface area contributed by atoms with Gasteiger partial charge in [-0.1, -0.05) is 29.8 Å². The number of nitrogens with zero attached hydrogens (tertiary/aromatic N) is 2. The second-order valence-electron chi connectivity index (χ2n) is 7.86. The van der Waals surface area contributed by atoms with Crippen molar-refractivity contribution in [3.63, 3.8) is 0 Å². The third-order valence-electron chi connectivity index (χ3n) is 6.19. The van der Waals surface area contributed by atoms with Crippen molar-refractivity contribution in [2.45, 2.75) is 51.7 Å². The monoisotopic (exact) mass is 348 g/mol. The van der Waals surface area contributed by atoms with Gasteiger partial charge in [-0.2, -0.15) is 0 Å². The summed E-state index contributed by atoms with van der Waals surface area (Å²) in [6.07, 6.45) is 4.69. The summed E-state index contributed by atoms with van der Waals surface area (Å²) in [6.45, 7) is 4.99. The molecular formula is C23H25FN2. The minimum Gasteiger partial charge on any atom is -0.343 e. The van der Waals surface area contributed by atoms with Gasteiger partial charge >= 0.3 is 0 Å². The molecule has 2 nitrogen and oxygen atoms in total. The van der Waals surface area contributed by atoms with E-state index < -0.39 is 0 Å². The summed E-state index contributed by atoms with van der Waals surface area (Å²) in [6, 6.07) is 14.5. The van der Waals surface area contributed by atoms with E-state index in [9.17, 15) is 4.39 Å². The molecule has 0 radical (unpaired) electrons. The van der Waals surface area contributed by atoms with Crippen molar-refractivity contribution >= 4 is 10.9 Å². The summed E-state index contributed by atoms with van der Waals surface area (Å²) < 4.78 is 16.8. The maximum absolute atomic E-state index is 14.2. The first-order valence-electron chi connectivity index (χ1n) is 9.81. The predicted octanol–water partition coefficient (Wildman–Crippen LogP) is 5.37. The molecule has 26 heavy (non-hydrogen) atoms. The number of hydrogen-bond acceptors (Lipinski definition) is 1. The van der Waals surface area contributed by atoms with Crippen LogP contribution in [0.1, 0.15) is 47.7 Å². The molecule has 1 aromatic heterocycles. The van der Waals surface area contributed by atoms with Crippen LogP contribution in [0.15, 0.2) is 42.5 Å². The Hall–Kier alpha value is -2.13. The van der Waals surface area contributed by atoms with Crippen LogP contribution < -0.4 is 0 Å². The molecule has 134 valence electrons. The minimum atomic E-state index is -0.0797.